The summed E-state index contributed by atoms with van der Waals surface area (Å²) in [5.74, 6) is 0. The average Bonchev–Trinajstić information content (AvgIpc) is 2.68. The molecule has 0 saturated carbocycles. The molecule has 0 bridgehead atoms. The van der Waals surface area contributed by atoms with E-state index in [1.807, 2.05) is 19.1 Å². The van der Waals surface area contributed by atoms with Gasteiger partial charge in [0.1, 0.15) is 0 Å². The number of carbonyl (C=O) groups excluding carboxylic acids is 1. The molecule has 1 saturated heterocycles. The van der Waals surface area contributed by atoms with Gasteiger partial charge in [-0.05, 0) is 36.8 Å². The van der Waals surface area contributed by atoms with Crippen molar-refractivity contribution >= 4 is 27.7 Å². The summed E-state index contributed by atoms with van der Waals surface area (Å²) in [6, 6.07) is 9.52. The predicted octanol–water partition coefficient (Wildman–Crippen LogP) is 2.51. The van der Waals surface area contributed by atoms with E-state index >= 15 is 0 Å². The van der Waals surface area contributed by atoms with Gasteiger partial charge in [0.2, 0.25) is 10.0 Å². The van der Waals surface area contributed by atoms with Gasteiger partial charge >= 0.3 is 6.03 Å². The van der Waals surface area contributed by atoms with Crippen LogP contribution in [0.25, 0.3) is 0 Å². The van der Waals surface area contributed by atoms with Crippen LogP contribution in [0.1, 0.15) is 18.5 Å². The van der Waals surface area contributed by atoms with Crippen LogP contribution in [0, 0.1) is 0 Å². The van der Waals surface area contributed by atoms with Crippen molar-refractivity contribution < 1.29 is 13.2 Å². The SMILES string of the molecule is C[C@@H](NC(=O)N1CCN(S(=O)(=O)c2cccc(Cl)c2)CC1)c1cccnc1. The lowest BCUT2D eigenvalue weighted by Crippen LogP contribution is -2.53. The first-order chi connectivity index (χ1) is 12.9. The fourth-order valence-corrected chi connectivity index (χ4v) is 4.62. The highest BCUT2D eigenvalue weighted by atomic mass is 35.5. The van der Waals surface area contributed by atoms with Crippen LogP contribution in [0.4, 0.5) is 4.79 Å². The second-order valence-corrected chi connectivity index (χ2v) is 8.68. The van der Waals surface area contributed by atoms with E-state index in [4.69, 9.17) is 11.6 Å². The van der Waals surface area contributed by atoms with Gasteiger partial charge in [0, 0.05) is 43.6 Å². The molecule has 1 aliphatic rings. The molecule has 3 rings (SSSR count). The molecule has 27 heavy (non-hydrogen) atoms. The van der Waals surface area contributed by atoms with Crippen molar-refractivity contribution in [3.63, 3.8) is 0 Å². The van der Waals surface area contributed by atoms with Crippen LogP contribution in [-0.2, 0) is 10.0 Å². The average molecular weight is 409 g/mol. The molecule has 1 atom stereocenters. The highest BCUT2D eigenvalue weighted by molar-refractivity contribution is 7.89. The molecule has 1 aliphatic heterocycles. The zero-order valence-electron chi connectivity index (χ0n) is 14.9. The Morgan fingerprint density at radius 1 is 1.19 bits per heavy atom. The lowest BCUT2D eigenvalue weighted by molar-refractivity contribution is 0.169. The first kappa shape index (κ1) is 19.6. The zero-order valence-corrected chi connectivity index (χ0v) is 16.4. The molecule has 0 unspecified atom stereocenters. The number of halogens is 1. The van der Waals surface area contributed by atoms with Crippen LogP contribution in [0.5, 0.6) is 0 Å². The second kappa shape index (κ2) is 8.24. The van der Waals surface area contributed by atoms with E-state index in [0.29, 0.717) is 18.1 Å². The normalized spacial score (nSPS) is 16.7. The standard InChI is InChI=1S/C18H21ClN4O3S/c1-14(15-4-3-7-20-13-15)21-18(24)22-8-10-23(11-9-22)27(25,26)17-6-2-5-16(19)12-17/h2-7,12-14H,8-11H2,1H3,(H,21,24)/t14-/m1/s1. The minimum atomic E-state index is -3.62. The fourth-order valence-electron chi connectivity index (χ4n) is 2.90. The van der Waals surface area contributed by atoms with E-state index < -0.39 is 10.0 Å². The van der Waals surface area contributed by atoms with Crippen LogP contribution in [0.2, 0.25) is 5.02 Å². The second-order valence-electron chi connectivity index (χ2n) is 6.31. The third kappa shape index (κ3) is 4.58. The van der Waals surface area contributed by atoms with Crippen molar-refractivity contribution in [1.82, 2.24) is 19.5 Å². The molecule has 2 heterocycles. The molecule has 1 fully saturated rings. The Balaban J connectivity index is 1.59. The lowest BCUT2D eigenvalue weighted by Gasteiger charge is -2.34. The van der Waals surface area contributed by atoms with Gasteiger partial charge in [-0.2, -0.15) is 4.31 Å². The van der Waals surface area contributed by atoms with Crippen LogP contribution < -0.4 is 5.32 Å². The predicted molar refractivity (Wildman–Crippen MR) is 103 cm³/mol. The summed E-state index contributed by atoms with van der Waals surface area (Å²) in [6.07, 6.45) is 3.39. The van der Waals surface area contributed by atoms with Crippen LogP contribution in [-0.4, -0.2) is 54.8 Å². The Labute approximate surface area is 164 Å². The fraction of sp³-hybridized carbons (Fsp3) is 0.333. The molecular weight excluding hydrogens is 388 g/mol. The number of amides is 2. The number of rotatable bonds is 4. The summed E-state index contributed by atoms with van der Waals surface area (Å²) in [5.41, 5.74) is 0.910. The lowest BCUT2D eigenvalue weighted by atomic mass is 10.1. The van der Waals surface area contributed by atoms with Crippen LogP contribution >= 0.6 is 11.6 Å². The number of nitrogens with zero attached hydrogens (tertiary/aromatic N) is 3. The monoisotopic (exact) mass is 408 g/mol. The van der Waals surface area contributed by atoms with Crippen molar-refractivity contribution in [3.8, 4) is 0 Å². The zero-order chi connectivity index (χ0) is 19.4. The molecule has 7 nitrogen and oxygen atoms in total. The van der Waals surface area contributed by atoms with E-state index in [1.54, 1.807) is 29.4 Å². The smallest absolute Gasteiger partial charge is 0.317 e. The van der Waals surface area contributed by atoms with Gasteiger partial charge < -0.3 is 10.2 Å². The van der Waals surface area contributed by atoms with Crippen LogP contribution in [0.15, 0.2) is 53.7 Å². The van der Waals surface area contributed by atoms with Gasteiger partial charge in [-0.25, -0.2) is 13.2 Å². The molecule has 0 spiro atoms. The quantitative estimate of drug-likeness (QED) is 0.842. The number of sulfonamides is 1. The maximum absolute atomic E-state index is 12.7. The van der Waals surface area contributed by atoms with Gasteiger partial charge in [0.15, 0.2) is 0 Å². The van der Waals surface area contributed by atoms with Crippen molar-refractivity contribution in [2.24, 2.45) is 0 Å². The number of urea groups is 1. The highest BCUT2D eigenvalue weighted by Crippen LogP contribution is 2.21. The summed E-state index contributed by atoms with van der Waals surface area (Å²) < 4.78 is 26.8. The minimum absolute atomic E-state index is 0.165. The number of hydrogen-bond acceptors (Lipinski definition) is 4. The first-order valence-corrected chi connectivity index (χ1v) is 10.4. The van der Waals surface area contributed by atoms with Crippen molar-refractivity contribution in [2.75, 3.05) is 26.2 Å². The summed E-state index contributed by atoms with van der Waals surface area (Å²) in [7, 11) is -3.62. The number of nitrogens with one attached hydrogen (secondary N) is 1. The van der Waals surface area contributed by atoms with Gasteiger partial charge in [-0.15, -0.1) is 0 Å². The Morgan fingerprint density at radius 3 is 2.56 bits per heavy atom. The van der Waals surface area contributed by atoms with E-state index in [0.717, 1.165) is 5.56 Å². The maximum Gasteiger partial charge on any atom is 0.317 e. The molecule has 9 heteroatoms. The van der Waals surface area contributed by atoms with Gasteiger partial charge in [-0.1, -0.05) is 23.7 Å². The number of benzene rings is 1. The Morgan fingerprint density at radius 2 is 1.93 bits per heavy atom. The molecular formula is C18H21ClN4O3S. The molecule has 0 aliphatic carbocycles. The molecule has 2 aromatic rings. The Hall–Kier alpha value is -2.16. The number of carbonyl (C=O) groups is 1. The van der Waals surface area contributed by atoms with E-state index in [1.165, 1.54) is 16.4 Å². The number of piperazine rings is 1. The Kier molecular flexibility index (Phi) is 5.98. The summed E-state index contributed by atoms with van der Waals surface area (Å²) in [5, 5.41) is 3.29. The van der Waals surface area contributed by atoms with E-state index in [-0.39, 0.29) is 30.1 Å². The number of hydrogen-bond donors (Lipinski definition) is 1. The van der Waals surface area contributed by atoms with Crippen LogP contribution in [0.3, 0.4) is 0 Å². The first-order valence-electron chi connectivity index (χ1n) is 8.59. The van der Waals surface area contributed by atoms with E-state index in [9.17, 15) is 13.2 Å². The van der Waals surface area contributed by atoms with Gasteiger partial charge in [0.25, 0.3) is 0 Å². The summed E-state index contributed by atoms with van der Waals surface area (Å²) >= 11 is 5.90. The molecule has 1 N–H and O–H groups in total. The van der Waals surface area contributed by atoms with Gasteiger partial charge in [0.05, 0.1) is 10.9 Å². The maximum atomic E-state index is 12.7. The third-order valence-electron chi connectivity index (χ3n) is 4.48. The molecule has 1 aromatic carbocycles. The minimum Gasteiger partial charge on any atom is -0.331 e. The summed E-state index contributed by atoms with van der Waals surface area (Å²) in [6.45, 7) is 3.01. The topological polar surface area (TPSA) is 82.6 Å². The van der Waals surface area contributed by atoms with Gasteiger partial charge in [-0.3, -0.25) is 4.98 Å². The molecule has 1 aromatic heterocycles. The van der Waals surface area contributed by atoms with E-state index in [2.05, 4.69) is 10.3 Å². The van der Waals surface area contributed by atoms with Crippen molar-refractivity contribution in [3.05, 3.63) is 59.4 Å². The third-order valence-corrected chi connectivity index (χ3v) is 6.61. The summed E-state index contributed by atoms with van der Waals surface area (Å²) in [4.78, 5) is 18.3. The Bertz CT molecular complexity index is 900. The van der Waals surface area contributed by atoms with Crippen molar-refractivity contribution in [2.45, 2.75) is 17.9 Å². The molecule has 0 radical (unpaired) electrons. The largest absolute Gasteiger partial charge is 0.331 e. The van der Waals surface area contributed by atoms with Crippen molar-refractivity contribution in [1.29, 1.82) is 0 Å². The number of pyridine rings is 1. The number of aromatic nitrogens is 1. The highest BCUT2D eigenvalue weighted by Gasteiger charge is 2.30. The molecule has 2 amide bonds. The molecule has 144 valence electrons.